The van der Waals surface area contributed by atoms with Gasteiger partial charge in [-0.1, -0.05) is 37.6 Å². The topological polar surface area (TPSA) is 86.2 Å². The second-order valence-corrected chi connectivity index (χ2v) is 6.96. The highest BCUT2D eigenvalue weighted by molar-refractivity contribution is 5.72. The number of nitrogens with zero attached hydrogens (tertiary/aromatic N) is 2. The maximum Gasteiger partial charge on any atom is 0.237 e. The van der Waals surface area contributed by atoms with Gasteiger partial charge in [0.1, 0.15) is 5.76 Å². The second kappa shape index (κ2) is 11.1. The highest BCUT2D eigenvalue weighted by Crippen LogP contribution is 2.31. The van der Waals surface area contributed by atoms with Gasteiger partial charge in [-0.25, -0.2) is 4.98 Å². The van der Waals surface area contributed by atoms with E-state index in [1.807, 2.05) is 32.9 Å². The van der Waals surface area contributed by atoms with E-state index in [2.05, 4.69) is 36.2 Å². The largest absolute Gasteiger partial charge is 0.480 e. The van der Waals surface area contributed by atoms with Gasteiger partial charge < -0.3 is 20.3 Å². The number of pyridine rings is 1. The van der Waals surface area contributed by atoms with Crippen LogP contribution in [-0.2, 0) is 0 Å². The summed E-state index contributed by atoms with van der Waals surface area (Å²) in [5.41, 5.74) is 10.0. The number of methoxy groups -OCH3 is 1. The molecular weight excluding hydrogens is 340 g/mol. The van der Waals surface area contributed by atoms with Gasteiger partial charge in [-0.2, -0.15) is 0 Å². The molecular formula is C21H32N4O2. The molecule has 0 amide bonds. The first kappa shape index (κ1) is 22.3. The molecule has 0 atom stereocenters. The van der Waals surface area contributed by atoms with Gasteiger partial charge in [0.05, 0.1) is 18.5 Å². The van der Waals surface area contributed by atoms with Crippen LogP contribution in [0.2, 0.25) is 0 Å². The van der Waals surface area contributed by atoms with Gasteiger partial charge in [-0.3, -0.25) is 0 Å². The number of nitrogens with two attached hydrogens (primary N) is 1. The second-order valence-electron chi connectivity index (χ2n) is 6.96. The van der Waals surface area contributed by atoms with Crippen molar-refractivity contribution in [3.63, 3.8) is 0 Å². The number of nitrogens with one attached hydrogen (secondary N) is 1. The van der Waals surface area contributed by atoms with Crippen LogP contribution in [-0.4, -0.2) is 23.8 Å². The Morgan fingerprint density at radius 2 is 2.00 bits per heavy atom. The molecule has 148 valence electrons. The average molecular weight is 373 g/mol. The van der Waals surface area contributed by atoms with Crippen LogP contribution in [0.25, 0.3) is 11.1 Å². The minimum Gasteiger partial charge on any atom is -0.480 e. The highest BCUT2D eigenvalue weighted by Gasteiger charge is 2.14. The zero-order valence-electron chi connectivity index (χ0n) is 17.5. The lowest BCUT2D eigenvalue weighted by atomic mass is 10.1. The van der Waals surface area contributed by atoms with Crippen LogP contribution in [0.15, 0.2) is 40.7 Å². The fourth-order valence-corrected chi connectivity index (χ4v) is 2.29. The van der Waals surface area contributed by atoms with Crippen LogP contribution in [0.4, 0.5) is 5.69 Å². The predicted molar refractivity (Wildman–Crippen MR) is 112 cm³/mol. The summed E-state index contributed by atoms with van der Waals surface area (Å²) in [6, 6.07) is 1.99. The van der Waals surface area contributed by atoms with Gasteiger partial charge >= 0.3 is 0 Å². The molecule has 0 aromatic carbocycles. The fourth-order valence-electron chi connectivity index (χ4n) is 2.29. The van der Waals surface area contributed by atoms with E-state index < -0.39 is 0 Å². The van der Waals surface area contributed by atoms with E-state index in [1.54, 1.807) is 19.4 Å². The van der Waals surface area contributed by atoms with E-state index >= 15 is 0 Å². The van der Waals surface area contributed by atoms with Crippen LogP contribution < -0.4 is 15.8 Å². The van der Waals surface area contributed by atoms with E-state index in [0.717, 1.165) is 39.8 Å². The maximum atomic E-state index is 5.34. The van der Waals surface area contributed by atoms with Crippen molar-refractivity contribution in [2.45, 2.75) is 41.5 Å². The summed E-state index contributed by atoms with van der Waals surface area (Å²) in [6.45, 7) is 13.0. The molecule has 3 N–H and O–H groups in total. The Balaban J connectivity index is 0.000000828. The normalized spacial score (nSPS) is 11.5. The number of aryl methyl sites for hydroxylation is 2. The Morgan fingerprint density at radius 1 is 1.33 bits per heavy atom. The molecule has 0 aliphatic rings. The van der Waals surface area contributed by atoms with E-state index in [4.69, 9.17) is 15.0 Å². The number of rotatable bonds is 6. The molecule has 6 heteroatoms. The Kier molecular flexibility index (Phi) is 9.13. The lowest BCUT2D eigenvalue weighted by molar-refractivity contribution is 0.393. The van der Waals surface area contributed by atoms with Crippen molar-refractivity contribution in [1.29, 1.82) is 0 Å². The molecule has 0 aliphatic heterocycles. The predicted octanol–water partition coefficient (Wildman–Crippen LogP) is 4.85. The summed E-state index contributed by atoms with van der Waals surface area (Å²) in [6.07, 6.45) is 7.01. The first-order valence-electron chi connectivity index (χ1n) is 9.05. The molecule has 2 rings (SSSR count). The summed E-state index contributed by atoms with van der Waals surface area (Å²) < 4.78 is 10.6. The third-order valence-electron chi connectivity index (χ3n) is 3.42. The number of hydrogen-bond acceptors (Lipinski definition) is 6. The van der Waals surface area contributed by atoms with Gasteiger partial charge in [-0.15, -0.1) is 0 Å². The lowest BCUT2D eigenvalue weighted by Gasteiger charge is -2.12. The van der Waals surface area contributed by atoms with Crippen LogP contribution in [0.1, 0.15) is 39.1 Å². The van der Waals surface area contributed by atoms with Gasteiger partial charge in [0.25, 0.3) is 0 Å². The molecule has 6 nitrogen and oxygen atoms in total. The maximum absolute atomic E-state index is 5.34. The molecule has 0 radical (unpaired) electrons. The molecule has 0 saturated carbocycles. The van der Waals surface area contributed by atoms with Crippen LogP contribution >= 0.6 is 0 Å². The summed E-state index contributed by atoms with van der Waals surface area (Å²) >= 11 is 0. The number of anilines is 1. The molecule has 2 heterocycles. The minimum absolute atomic E-state index is 0.544. The van der Waals surface area contributed by atoms with Crippen molar-refractivity contribution in [3.05, 3.63) is 47.6 Å². The molecule has 2 aromatic heterocycles. The van der Waals surface area contributed by atoms with Crippen molar-refractivity contribution in [3.8, 4) is 17.0 Å². The van der Waals surface area contributed by atoms with Crippen molar-refractivity contribution in [2.24, 2.45) is 11.7 Å². The SMILES string of the molecule is CC(C)C.COc1ncc(-c2c(C)noc2C)cc1NC/C(C)=C/C=C\N. The lowest BCUT2D eigenvalue weighted by Crippen LogP contribution is -2.05. The molecule has 0 fully saturated rings. The third-order valence-corrected chi connectivity index (χ3v) is 3.42. The zero-order chi connectivity index (χ0) is 20.4. The van der Waals surface area contributed by atoms with Crippen LogP contribution in [0.3, 0.4) is 0 Å². The fraction of sp³-hybridized carbons (Fsp3) is 0.429. The number of allylic oxidation sites excluding steroid dienone is 2. The number of hydrogen-bond donors (Lipinski definition) is 2. The molecule has 27 heavy (non-hydrogen) atoms. The average Bonchev–Trinajstić information content (AvgIpc) is 2.95. The first-order valence-corrected chi connectivity index (χ1v) is 9.05. The molecule has 0 bridgehead atoms. The monoisotopic (exact) mass is 372 g/mol. The van der Waals surface area contributed by atoms with Crippen LogP contribution in [0, 0.1) is 19.8 Å². The molecule has 0 aliphatic carbocycles. The van der Waals surface area contributed by atoms with Gasteiger partial charge in [0.15, 0.2) is 0 Å². The Morgan fingerprint density at radius 3 is 2.52 bits per heavy atom. The summed E-state index contributed by atoms with van der Waals surface area (Å²) in [4.78, 5) is 4.37. The molecule has 0 spiro atoms. The van der Waals surface area contributed by atoms with Crippen LogP contribution in [0.5, 0.6) is 5.88 Å². The summed E-state index contributed by atoms with van der Waals surface area (Å²) in [5.74, 6) is 2.15. The van der Waals surface area contributed by atoms with Gasteiger partial charge in [-0.05, 0) is 45.0 Å². The smallest absolute Gasteiger partial charge is 0.237 e. The quantitative estimate of drug-likeness (QED) is 0.705. The van der Waals surface area contributed by atoms with E-state index in [0.29, 0.717) is 12.4 Å². The summed E-state index contributed by atoms with van der Waals surface area (Å²) in [7, 11) is 1.60. The number of ether oxygens (including phenoxy) is 1. The molecule has 0 unspecified atom stereocenters. The highest BCUT2D eigenvalue weighted by atomic mass is 16.5. The van der Waals surface area contributed by atoms with Crippen molar-refractivity contribution in [1.82, 2.24) is 10.1 Å². The Bertz CT molecular complexity index is 754. The van der Waals surface area contributed by atoms with Crippen molar-refractivity contribution < 1.29 is 9.26 Å². The Hall–Kier alpha value is -2.76. The molecule has 2 aromatic rings. The molecule has 0 saturated heterocycles. The van der Waals surface area contributed by atoms with Gasteiger partial charge in [0, 0.05) is 23.9 Å². The van der Waals surface area contributed by atoms with E-state index in [1.165, 1.54) is 6.20 Å². The standard InChI is InChI=1S/C17H22N4O2.C4H10/c1-11(6-5-7-18)9-19-15-8-14(10-20-17(15)22-4)16-12(2)21-23-13(16)3;1-4(2)3/h5-8,10,19H,9,18H2,1-4H3;4H,1-3H3/b7-5-,11-6+;. The van der Waals surface area contributed by atoms with E-state index in [9.17, 15) is 0 Å². The minimum atomic E-state index is 0.544. The zero-order valence-corrected chi connectivity index (χ0v) is 17.5. The van der Waals surface area contributed by atoms with E-state index in [-0.39, 0.29) is 0 Å². The number of aromatic nitrogens is 2. The first-order chi connectivity index (χ1) is 12.8. The third kappa shape index (κ3) is 7.17. The summed E-state index contributed by atoms with van der Waals surface area (Å²) in [5, 5.41) is 7.32. The Labute approximate surface area is 162 Å². The van der Waals surface area contributed by atoms with Crippen molar-refractivity contribution in [2.75, 3.05) is 19.0 Å². The van der Waals surface area contributed by atoms with Gasteiger partial charge in [0.2, 0.25) is 5.88 Å². The van der Waals surface area contributed by atoms with Crippen molar-refractivity contribution >= 4 is 5.69 Å².